The van der Waals surface area contributed by atoms with Crippen molar-refractivity contribution in [3.63, 3.8) is 0 Å². The number of esters is 1. The third-order valence-corrected chi connectivity index (χ3v) is 1.88. The highest BCUT2D eigenvalue weighted by molar-refractivity contribution is 5.87. The van der Waals surface area contributed by atoms with E-state index in [4.69, 9.17) is 15.2 Å². The molecule has 0 aliphatic carbocycles. The average molecular weight is 221 g/mol. The summed E-state index contributed by atoms with van der Waals surface area (Å²) in [5.41, 5.74) is 7.13. The first-order chi connectivity index (χ1) is 7.72. The largest absolute Gasteiger partial charge is 0.460 e. The van der Waals surface area contributed by atoms with Crippen LogP contribution in [-0.2, 0) is 14.3 Å². The molecule has 0 unspecified atom stereocenters. The smallest absolute Gasteiger partial charge is 0.330 e. The van der Waals surface area contributed by atoms with Crippen molar-refractivity contribution >= 4 is 17.7 Å². The summed E-state index contributed by atoms with van der Waals surface area (Å²) in [6, 6.07) is 7.20. The first kappa shape index (κ1) is 12.3. The molecule has 4 nitrogen and oxygen atoms in total. The van der Waals surface area contributed by atoms with Crippen LogP contribution in [0.2, 0.25) is 0 Å². The van der Waals surface area contributed by atoms with Gasteiger partial charge in [0.2, 0.25) is 0 Å². The highest BCUT2D eigenvalue weighted by Crippen LogP contribution is 2.06. The number of nitrogen functional groups attached to an aromatic ring is 1. The number of methoxy groups -OCH3 is 1. The van der Waals surface area contributed by atoms with Crippen LogP contribution in [0.1, 0.15) is 5.56 Å². The van der Waals surface area contributed by atoms with Crippen LogP contribution in [-0.4, -0.2) is 26.3 Å². The monoisotopic (exact) mass is 221 g/mol. The fourth-order valence-corrected chi connectivity index (χ4v) is 1.05. The van der Waals surface area contributed by atoms with Gasteiger partial charge in [0, 0.05) is 18.9 Å². The quantitative estimate of drug-likeness (QED) is 0.354. The van der Waals surface area contributed by atoms with E-state index in [1.54, 1.807) is 25.3 Å². The van der Waals surface area contributed by atoms with Gasteiger partial charge in [0.05, 0.1) is 6.61 Å². The normalized spacial score (nSPS) is 10.6. The zero-order valence-corrected chi connectivity index (χ0v) is 9.18. The molecule has 0 saturated carbocycles. The zero-order valence-electron chi connectivity index (χ0n) is 9.18. The van der Waals surface area contributed by atoms with Crippen molar-refractivity contribution in [3.8, 4) is 0 Å². The van der Waals surface area contributed by atoms with Crippen molar-refractivity contribution in [2.45, 2.75) is 0 Å². The van der Waals surface area contributed by atoms with Crippen molar-refractivity contribution in [1.82, 2.24) is 0 Å². The van der Waals surface area contributed by atoms with Crippen LogP contribution in [0.5, 0.6) is 0 Å². The third kappa shape index (κ3) is 4.61. The highest BCUT2D eigenvalue weighted by atomic mass is 16.6. The minimum absolute atomic E-state index is 0.265. The molecule has 4 heteroatoms. The number of ether oxygens (including phenoxy) is 2. The fourth-order valence-electron chi connectivity index (χ4n) is 1.05. The van der Waals surface area contributed by atoms with Gasteiger partial charge in [0.1, 0.15) is 6.61 Å². The van der Waals surface area contributed by atoms with Gasteiger partial charge >= 0.3 is 5.97 Å². The van der Waals surface area contributed by atoms with E-state index in [1.807, 2.05) is 12.1 Å². The average Bonchev–Trinajstić information content (AvgIpc) is 2.29. The van der Waals surface area contributed by atoms with Crippen molar-refractivity contribution in [3.05, 3.63) is 35.9 Å². The van der Waals surface area contributed by atoms with Crippen LogP contribution in [0, 0.1) is 0 Å². The van der Waals surface area contributed by atoms with Crippen molar-refractivity contribution in [1.29, 1.82) is 0 Å². The summed E-state index contributed by atoms with van der Waals surface area (Å²) in [6.07, 6.45) is 3.05. The molecule has 0 atom stereocenters. The molecule has 1 aromatic carbocycles. The SMILES string of the molecule is COCCOC(=O)/C=C/c1ccc(N)cc1. The molecule has 86 valence electrons. The topological polar surface area (TPSA) is 61.5 Å². The molecule has 0 heterocycles. The van der Waals surface area contributed by atoms with Crippen LogP contribution < -0.4 is 5.73 Å². The van der Waals surface area contributed by atoms with Gasteiger partial charge in [0.15, 0.2) is 0 Å². The zero-order chi connectivity index (χ0) is 11.8. The van der Waals surface area contributed by atoms with Gasteiger partial charge in [-0.2, -0.15) is 0 Å². The summed E-state index contributed by atoms with van der Waals surface area (Å²) in [6.45, 7) is 0.670. The Morgan fingerprint density at radius 1 is 1.31 bits per heavy atom. The summed E-state index contributed by atoms with van der Waals surface area (Å²) in [5, 5.41) is 0. The Balaban J connectivity index is 2.41. The minimum Gasteiger partial charge on any atom is -0.460 e. The maximum Gasteiger partial charge on any atom is 0.330 e. The minimum atomic E-state index is -0.381. The molecule has 16 heavy (non-hydrogen) atoms. The van der Waals surface area contributed by atoms with Gasteiger partial charge < -0.3 is 15.2 Å². The summed E-state index contributed by atoms with van der Waals surface area (Å²) in [7, 11) is 1.55. The molecule has 0 bridgehead atoms. The van der Waals surface area contributed by atoms with E-state index in [9.17, 15) is 4.79 Å². The van der Waals surface area contributed by atoms with Crippen molar-refractivity contribution < 1.29 is 14.3 Å². The molecule has 0 aromatic heterocycles. The summed E-state index contributed by atoms with van der Waals surface area (Å²) in [5.74, 6) is -0.381. The Bertz CT molecular complexity index is 357. The number of nitrogens with two attached hydrogens (primary N) is 1. The van der Waals surface area contributed by atoms with Crippen LogP contribution in [0.4, 0.5) is 5.69 Å². The summed E-state index contributed by atoms with van der Waals surface area (Å²) >= 11 is 0. The molecule has 0 amide bonds. The van der Waals surface area contributed by atoms with Gasteiger partial charge in [-0.25, -0.2) is 4.79 Å². The number of carbonyl (C=O) groups excluding carboxylic acids is 1. The first-order valence-electron chi connectivity index (χ1n) is 4.91. The van der Waals surface area contributed by atoms with E-state index in [-0.39, 0.29) is 12.6 Å². The summed E-state index contributed by atoms with van der Waals surface area (Å²) in [4.78, 5) is 11.2. The number of benzene rings is 1. The van der Waals surface area contributed by atoms with E-state index < -0.39 is 0 Å². The Labute approximate surface area is 94.7 Å². The van der Waals surface area contributed by atoms with E-state index in [1.165, 1.54) is 6.08 Å². The molecule has 0 spiro atoms. The van der Waals surface area contributed by atoms with Crippen LogP contribution >= 0.6 is 0 Å². The molecule has 1 rings (SSSR count). The maximum absolute atomic E-state index is 11.2. The van der Waals surface area contributed by atoms with Crippen LogP contribution in [0.3, 0.4) is 0 Å². The first-order valence-corrected chi connectivity index (χ1v) is 4.91. The molecular weight excluding hydrogens is 206 g/mol. The molecule has 0 aliphatic rings. The van der Waals surface area contributed by atoms with Gasteiger partial charge in [0.25, 0.3) is 0 Å². The molecular formula is C12H15NO3. The number of carbonyl (C=O) groups is 1. The Morgan fingerprint density at radius 2 is 2.00 bits per heavy atom. The van der Waals surface area contributed by atoms with Crippen LogP contribution in [0.25, 0.3) is 6.08 Å². The number of hydrogen-bond donors (Lipinski definition) is 1. The standard InChI is InChI=1S/C12H15NO3/c1-15-8-9-16-12(14)7-4-10-2-5-11(13)6-3-10/h2-7H,8-9,13H2,1H3/b7-4+. The summed E-state index contributed by atoms with van der Waals surface area (Å²) < 4.78 is 9.61. The molecule has 0 aliphatic heterocycles. The lowest BCUT2D eigenvalue weighted by Crippen LogP contribution is -2.06. The lowest BCUT2D eigenvalue weighted by atomic mass is 10.2. The Kier molecular flexibility index (Phi) is 5.08. The van der Waals surface area contributed by atoms with Crippen molar-refractivity contribution in [2.24, 2.45) is 0 Å². The molecule has 0 radical (unpaired) electrons. The van der Waals surface area contributed by atoms with Crippen LogP contribution in [0.15, 0.2) is 30.3 Å². The lowest BCUT2D eigenvalue weighted by molar-refractivity contribution is -0.138. The van der Waals surface area contributed by atoms with Gasteiger partial charge in [-0.1, -0.05) is 12.1 Å². The highest BCUT2D eigenvalue weighted by Gasteiger charge is 1.95. The maximum atomic E-state index is 11.2. The predicted octanol–water partition coefficient (Wildman–Crippen LogP) is 1.47. The molecule has 0 saturated heterocycles. The van der Waals surface area contributed by atoms with Gasteiger partial charge in [-0.05, 0) is 23.8 Å². The predicted molar refractivity (Wildman–Crippen MR) is 62.7 cm³/mol. The van der Waals surface area contributed by atoms with E-state index in [2.05, 4.69) is 0 Å². The number of anilines is 1. The van der Waals surface area contributed by atoms with E-state index in [0.29, 0.717) is 12.3 Å². The molecule has 0 fully saturated rings. The molecule has 2 N–H and O–H groups in total. The van der Waals surface area contributed by atoms with E-state index >= 15 is 0 Å². The Morgan fingerprint density at radius 3 is 2.62 bits per heavy atom. The second kappa shape index (κ2) is 6.63. The number of rotatable bonds is 5. The second-order valence-electron chi connectivity index (χ2n) is 3.16. The number of hydrogen-bond acceptors (Lipinski definition) is 4. The van der Waals surface area contributed by atoms with Gasteiger partial charge in [-0.15, -0.1) is 0 Å². The lowest BCUT2D eigenvalue weighted by Gasteiger charge is -1.99. The van der Waals surface area contributed by atoms with Crippen molar-refractivity contribution in [2.75, 3.05) is 26.1 Å². The third-order valence-electron chi connectivity index (χ3n) is 1.88. The molecule has 1 aromatic rings. The van der Waals surface area contributed by atoms with Gasteiger partial charge in [-0.3, -0.25) is 0 Å². The fraction of sp³-hybridized carbons (Fsp3) is 0.250. The second-order valence-corrected chi connectivity index (χ2v) is 3.16. The Hall–Kier alpha value is -1.81. The van der Waals surface area contributed by atoms with E-state index in [0.717, 1.165) is 5.56 Å².